The molecule has 0 saturated heterocycles. The monoisotopic (exact) mass is 298 g/mol. The van der Waals surface area contributed by atoms with E-state index < -0.39 is 5.97 Å². The summed E-state index contributed by atoms with van der Waals surface area (Å²) < 4.78 is 15.1. The zero-order chi connectivity index (χ0) is 15.5. The first-order chi connectivity index (χ1) is 10.7. The van der Waals surface area contributed by atoms with Crippen molar-refractivity contribution in [2.75, 3.05) is 0 Å². The van der Waals surface area contributed by atoms with Gasteiger partial charge < -0.3 is 5.11 Å². The predicted molar refractivity (Wildman–Crippen MR) is 75.7 cm³/mol. The van der Waals surface area contributed by atoms with Crippen molar-refractivity contribution in [2.45, 2.75) is 6.54 Å². The van der Waals surface area contributed by atoms with Crippen LogP contribution in [0.5, 0.6) is 0 Å². The van der Waals surface area contributed by atoms with E-state index >= 15 is 0 Å². The number of nitrogens with zero attached hydrogens (tertiary/aromatic N) is 4. The molecule has 7 heteroatoms. The topological polar surface area (TPSA) is 80.9 Å². The smallest absolute Gasteiger partial charge is 0.358 e. The Morgan fingerprint density at radius 1 is 1.18 bits per heavy atom. The zero-order valence-corrected chi connectivity index (χ0v) is 11.3. The van der Waals surface area contributed by atoms with Crippen LogP contribution in [0, 0.1) is 5.82 Å². The predicted octanol–water partition coefficient (Wildman–Crippen LogP) is 2.23. The molecule has 3 aromatic rings. The van der Waals surface area contributed by atoms with Crippen LogP contribution in [-0.4, -0.2) is 31.1 Å². The number of aromatic carboxylic acids is 1. The van der Waals surface area contributed by atoms with Gasteiger partial charge >= 0.3 is 5.97 Å². The summed E-state index contributed by atoms with van der Waals surface area (Å²) in [5.74, 6) is -1.60. The molecule has 0 bridgehead atoms. The molecular weight excluding hydrogens is 287 g/mol. The Labute approximate surface area is 124 Å². The first-order valence-corrected chi connectivity index (χ1v) is 6.48. The molecule has 0 atom stereocenters. The number of hydrogen-bond acceptors (Lipinski definition) is 4. The van der Waals surface area contributed by atoms with Crippen molar-refractivity contribution in [1.82, 2.24) is 20.0 Å². The third kappa shape index (κ3) is 2.56. The lowest BCUT2D eigenvalue weighted by molar-refractivity contribution is 0.0691. The fourth-order valence-corrected chi connectivity index (χ4v) is 2.11. The Morgan fingerprint density at radius 2 is 1.95 bits per heavy atom. The highest BCUT2D eigenvalue weighted by atomic mass is 19.1. The molecular formula is C15H11FN4O2. The molecule has 2 heterocycles. The van der Waals surface area contributed by atoms with E-state index in [0.717, 1.165) is 0 Å². The Hall–Kier alpha value is -3.09. The van der Waals surface area contributed by atoms with E-state index in [2.05, 4.69) is 15.3 Å². The summed E-state index contributed by atoms with van der Waals surface area (Å²) in [6.07, 6.45) is 1.54. The van der Waals surface area contributed by atoms with E-state index in [1.807, 2.05) is 0 Å². The van der Waals surface area contributed by atoms with Crippen molar-refractivity contribution >= 4 is 5.97 Å². The molecule has 1 aromatic carbocycles. The van der Waals surface area contributed by atoms with E-state index in [1.165, 1.54) is 10.7 Å². The normalized spacial score (nSPS) is 10.6. The number of carboxylic acids is 1. The summed E-state index contributed by atoms with van der Waals surface area (Å²) in [7, 11) is 0. The second-order valence-electron chi connectivity index (χ2n) is 4.56. The van der Waals surface area contributed by atoms with Gasteiger partial charge in [0.15, 0.2) is 5.69 Å². The van der Waals surface area contributed by atoms with E-state index in [-0.39, 0.29) is 23.7 Å². The van der Waals surface area contributed by atoms with Gasteiger partial charge in [0.05, 0.1) is 12.2 Å². The summed E-state index contributed by atoms with van der Waals surface area (Å²) in [6.45, 7) is 0.0683. The molecule has 0 amide bonds. The first kappa shape index (κ1) is 13.9. The molecule has 2 aromatic heterocycles. The molecule has 0 fully saturated rings. The number of carbonyl (C=O) groups is 1. The standard InChI is InChI=1S/C15H11FN4O2/c16-11-6-2-1-5-10(11)9-20-14(12-7-3-4-8-17-12)13(15(21)22)18-19-20/h1-8H,9H2,(H,21,22). The minimum Gasteiger partial charge on any atom is -0.476 e. The number of hydrogen-bond donors (Lipinski definition) is 1. The SMILES string of the molecule is O=C(O)c1nnn(Cc2ccccc2F)c1-c1ccccn1. The van der Waals surface area contributed by atoms with Crippen LogP contribution in [-0.2, 0) is 6.54 Å². The third-order valence-corrected chi connectivity index (χ3v) is 3.12. The van der Waals surface area contributed by atoms with Gasteiger partial charge in [0, 0.05) is 11.8 Å². The molecule has 22 heavy (non-hydrogen) atoms. The van der Waals surface area contributed by atoms with Gasteiger partial charge in [-0.15, -0.1) is 5.10 Å². The van der Waals surface area contributed by atoms with Crippen molar-refractivity contribution < 1.29 is 14.3 Å². The second kappa shape index (κ2) is 5.72. The van der Waals surface area contributed by atoms with Crippen molar-refractivity contribution in [2.24, 2.45) is 0 Å². The van der Waals surface area contributed by atoms with Crippen LogP contribution in [0.1, 0.15) is 16.1 Å². The average Bonchev–Trinajstić information content (AvgIpc) is 2.94. The van der Waals surface area contributed by atoms with Gasteiger partial charge in [0.25, 0.3) is 0 Å². The number of aromatic nitrogens is 4. The molecule has 0 unspecified atom stereocenters. The van der Waals surface area contributed by atoms with Crippen LogP contribution >= 0.6 is 0 Å². The molecule has 1 N–H and O–H groups in total. The second-order valence-corrected chi connectivity index (χ2v) is 4.56. The fourth-order valence-electron chi connectivity index (χ4n) is 2.11. The number of rotatable bonds is 4. The van der Waals surface area contributed by atoms with Crippen molar-refractivity contribution in [3.63, 3.8) is 0 Å². The largest absolute Gasteiger partial charge is 0.476 e. The maximum atomic E-state index is 13.8. The minimum atomic E-state index is -1.21. The fraction of sp³-hybridized carbons (Fsp3) is 0.0667. The number of pyridine rings is 1. The molecule has 0 aliphatic heterocycles. The molecule has 0 aliphatic carbocycles. The van der Waals surface area contributed by atoms with Crippen LogP contribution in [0.3, 0.4) is 0 Å². The number of carboxylic acid groups (broad SMARTS) is 1. The Bertz CT molecular complexity index is 817. The van der Waals surface area contributed by atoms with Crippen LogP contribution in [0.4, 0.5) is 4.39 Å². The van der Waals surface area contributed by atoms with Crippen molar-refractivity contribution in [3.05, 3.63) is 65.7 Å². The van der Waals surface area contributed by atoms with Gasteiger partial charge in [-0.1, -0.05) is 29.5 Å². The van der Waals surface area contributed by atoms with Gasteiger partial charge in [-0.25, -0.2) is 13.9 Å². The van der Waals surface area contributed by atoms with E-state index in [0.29, 0.717) is 11.3 Å². The lowest BCUT2D eigenvalue weighted by Gasteiger charge is -2.07. The average molecular weight is 298 g/mol. The summed E-state index contributed by atoms with van der Waals surface area (Å²) in [5, 5.41) is 16.7. The van der Waals surface area contributed by atoms with Gasteiger partial charge in [-0.05, 0) is 18.2 Å². The third-order valence-electron chi connectivity index (χ3n) is 3.12. The molecule has 0 spiro atoms. The number of benzene rings is 1. The highest BCUT2D eigenvalue weighted by Gasteiger charge is 2.22. The van der Waals surface area contributed by atoms with Crippen LogP contribution in [0.2, 0.25) is 0 Å². The van der Waals surface area contributed by atoms with Crippen molar-refractivity contribution in [1.29, 1.82) is 0 Å². The zero-order valence-electron chi connectivity index (χ0n) is 11.3. The van der Waals surface area contributed by atoms with Gasteiger partial charge in [-0.3, -0.25) is 4.98 Å². The Kier molecular flexibility index (Phi) is 3.61. The summed E-state index contributed by atoms with van der Waals surface area (Å²) in [5.41, 5.74) is 0.842. The van der Waals surface area contributed by atoms with Crippen LogP contribution in [0.25, 0.3) is 11.4 Å². The van der Waals surface area contributed by atoms with Gasteiger partial charge in [0.1, 0.15) is 11.5 Å². The first-order valence-electron chi connectivity index (χ1n) is 6.48. The summed E-state index contributed by atoms with van der Waals surface area (Å²) in [6, 6.07) is 11.3. The lowest BCUT2D eigenvalue weighted by atomic mass is 10.2. The lowest BCUT2D eigenvalue weighted by Crippen LogP contribution is -2.08. The molecule has 110 valence electrons. The Morgan fingerprint density at radius 3 is 2.64 bits per heavy atom. The minimum absolute atomic E-state index is 0.0683. The molecule has 0 saturated carbocycles. The van der Waals surface area contributed by atoms with Gasteiger partial charge in [0.2, 0.25) is 0 Å². The van der Waals surface area contributed by atoms with E-state index in [4.69, 9.17) is 0 Å². The number of halogens is 1. The van der Waals surface area contributed by atoms with E-state index in [9.17, 15) is 14.3 Å². The Balaban J connectivity index is 2.09. The maximum Gasteiger partial charge on any atom is 0.358 e. The van der Waals surface area contributed by atoms with E-state index in [1.54, 1.807) is 42.6 Å². The molecule has 0 radical (unpaired) electrons. The molecule has 3 rings (SSSR count). The molecule has 6 nitrogen and oxygen atoms in total. The van der Waals surface area contributed by atoms with Crippen LogP contribution in [0.15, 0.2) is 48.7 Å². The highest BCUT2D eigenvalue weighted by molar-refractivity contribution is 5.92. The molecule has 0 aliphatic rings. The van der Waals surface area contributed by atoms with Gasteiger partial charge in [-0.2, -0.15) is 0 Å². The highest BCUT2D eigenvalue weighted by Crippen LogP contribution is 2.21. The maximum absolute atomic E-state index is 13.8. The quantitative estimate of drug-likeness (QED) is 0.798. The summed E-state index contributed by atoms with van der Waals surface area (Å²) >= 11 is 0. The van der Waals surface area contributed by atoms with Crippen LogP contribution < -0.4 is 0 Å². The van der Waals surface area contributed by atoms with Crippen molar-refractivity contribution in [3.8, 4) is 11.4 Å². The summed E-state index contributed by atoms with van der Waals surface area (Å²) in [4.78, 5) is 15.4.